The predicted molar refractivity (Wildman–Crippen MR) is 155 cm³/mol. The minimum Gasteiger partial charge on any atom is -0.494 e. The first-order valence-electron chi connectivity index (χ1n) is 13.0. The molecular formula is C31H36O5S2. The lowest BCUT2D eigenvalue weighted by Crippen LogP contribution is -2.58. The van der Waals surface area contributed by atoms with Gasteiger partial charge in [0.05, 0.1) is 26.4 Å². The first-order chi connectivity index (χ1) is 18.4. The number of rotatable bonds is 10. The molecule has 1 atom stereocenters. The Kier molecular flexibility index (Phi) is 8.43. The van der Waals surface area contributed by atoms with Crippen molar-refractivity contribution in [2.24, 2.45) is 5.41 Å². The van der Waals surface area contributed by atoms with E-state index in [9.17, 15) is 5.11 Å². The van der Waals surface area contributed by atoms with Gasteiger partial charge in [0.25, 0.3) is 5.97 Å². The van der Waals surface area contributed by atoms with Crippen molar-refractivity contribution in [3.05, 3.63) is 94.4 Å². The number of benzene rings is 2. The summed E-state index contributed by atoms with van der Waals surface area (Å²) in [6, 6.07) is 16.0. The molecule has 0 spiro atoms. The number of allylic oxidation sites excluding steroid dienone is 4. The van der Waals surface area contributed by atoms with Crippen LogP contribution in [0.15, 0.2) is 88.2 Å². The van der Waals surface area contributed by atoms with E-state index in [1.165, 1.54) is 4.91 Å². The van der Waals surface area contributed by atoms with Crippen LogP contribution in [0.2, 0.25) is 0 Å². The van der Waals surface area contributed by atoms with Crippen molar-refractivity contribution >= 4 is 23.5 Å². The highest BCUT2D eigenvalue weighted by atomic mass is 32.2. The molecule has 5 nitrogen and oxygen atoms in total. The van der Waals surface area contributed by atoms with Crippen molar-refractivity contribution in [2.45, 2.75) is 42.7 Å². The highest BCUT2D eigenvalue weighted by molar-refractivity contribution is 8.02. The molecule has 1 aliphatic carbocycles. The molecule has 3 saturated heterocycles. The van der Waals surface area contributed by atoms with Crippen molar-refractivity contribution in [2.75, 3.05) is 38.9 Å². The molecule has 1 unspecified atom stereocenters. The number of ether oxygens (including phenoxy) is 4. The number of hydrogen-bond donors (Lipinski definition) is 1. The minimum atomic E-state index is -1.26. The first kappa shape index (κ1) is 27.6. The standard InChI is InChI=1S/C31H36O5S2/c1-29-20-34-30(35-21-29,36-22-29)18-5-19-33-26-13-8-24(9-14-26)31(32,25-11-16-28(38-3)17-12-25)23-6-4-7-27(37-2)15-10-23/h4,7-17,32H,5-6,18-22H2,1-3H3. The third kappa shape index (κ3) is 5.79. The molecule has 3 aliphatic heterocycles. The summed E-state index contributed by atoms with van der Waals surface area (Å²) in [4.78, 5) is 2.33. The predicted octanol–water partition coefficient (Wildman–Crippen LogP) is 6.67. The Bertz CT molecular complexity index is 1180. The fourth-order valence-corrected chi connectivity index (χ4v) is 5.82. The summed E-state index contributed by atoms with van der Waals surface area (Å²) in [5, 5.41) is 12.3. The topological polar surface area (TPSA) is 57.2 Å². The molecule has 0 aromatic heterocycles. The summed E-state index contributed by atoms with van der Waals surface area (Å²) in [5.74, 6) is -0.160. The van der Waals surface area contributed by atoms with Crippen LogP contribution in [0.5, 0.6) is 5.75 Å². The monoisotopic (exact) mass is 552 g/mol. The van der Waals surface area contributed by atoms with Gasteiger partial charge in [-0.1, -0.05) is 49.4 Å². The van der Waals surface area contributed by atoms with Crippen molar-refractivity contribution < 1.29 is 24.1 Å². The zero-order valence-corrected chi connectivity index (χ0v) is 23.9. The SMILES string of the molecule is CSC1=CC=C(C(O)(c2ccc(OCCCC34OCC(C)(CO3)CO4)cc2)c2ccc(SC)cc2)CC=C1. The quantitative estimate of drug-likeness (QED) is 0.261. The van der Waals surface area contributed by atoms with E-state index in [-0.39, 0.29) is 5.41 Å². The summed E-state index contributed by atoms with van der Waals surface area (Å²) in [6.45, 7) is 4.63. The highest BCUT2D eigenvalue weighted by Gasteiger charge is 2.49. The van der Waals surface area contributed by atoms with Crippen LogP contribution in [-0.2, 0) is 19.8 Å². The summed E-state index contributed by atoms with van der Waals surface area (Å²) in [6.07, 6.45) is 14.5. The third-order valence-corrected chi connectivity index (χ3v) is 8.85. The van der Waals surface area contributed by atoms with Crippen LogP contribution >= 0.6 is 23.5 Å². The molecule has 0 radical (unpaired) electrons. The molecular weight excluding hydrogens is 516 g/mol. The second-order valence-electron chi connectivity index (χ2n) is 10.3. The van der Waals surface area contributed by atoms with Crippen LogP contribution in [0.4, 0.5) is 0 Å². The van der Waals surface area contributed by atoms with E-state index in [0.29, 0.717) is 39.3 Å². The first-order valence-corrected chi connectivity index (χ1v) is 15.5. The fraction of sp³-hybridized carbons (Fsp3) is 0.419. The smallest absolute Gasteiger partial charge is 0.283 e. The van der Waals surface area contributed by atoms with E-state index in [0.717, 1.165) is 33.8 Å². The van der Waals surface area contributed by atoms with E-state index in [4.69, 9.17) is 18.9 Å². The maximum absolute atomic E-state index is 12.3. The van der Waals surface area contributed by atoms with Gasteiger partial charge in [-0.15, -0.1) is 23.5 Å². The summed E-state index contributed by atoms with van der Waals surface area (Å²) < 4.78 is 23.6. The van der Waals surface area contributed by atoms with Crippen molar-refractivity contribution in [1.29, 1.82) is 0 Å². The van der Waals surface area contributed by atoms with Gasteiger partial charge in [0, 0.05) is 21.6 Å². The maximum atomic E-state index is 12.3. The van der Waals surface area contributed by atoms with E-state index in [1.54, 1.807) is 23.5 Å². The van der Waals surface area contributed by atoms with Crippen LogP contribution in [0, 0.1) is 5.41 Å². The summed E-state index contributed by atoms with van der Waals surface area (Å²) in [5.41, 5.74) is 1.30. The molecule has 7 heteroatoms. The molecule has 2 bridgehead atoms. The number of fused-ring (bicyclic) bond motifs is 3. The number of hydrogen-bond acceptors (Lipinski definition) is 7. The molecule has 38 heavy (non-hydrogen) atoms. The Labute approximate surface area is 234 Å². The van der Waals surface area contributed by atoms with Gasteiger partial charge in [-0.25, -0.2) is 0 Å². The summed E-state index contributed by atoms with van der Waals surface area (Å²) >= 11 is 3.39. The zero-order chi connectivity index (χ0) is 26.6. The molecule has 2 aromatic carbocycles. The van der Waals surface area contributed by atoms with Gasteiger partial charge < -0.3 is 24.1 Å². The molecule has 0 saturated carbocycles. The highest BCUT2D eigenvalue weighted by Crippen LogP contribution is 2.42. The molecule has 202 valence electrons. The lowest BCUT2D eigenvalue weighted by molar-refractivity contribution is -0.467. The van der Waals surface area contributed by atoms with Gasteiger partial charge in [0.1, 0.15) is 11.4 Å². The number of aliphatic hydroxyl groups is 1. The fourth-order valence-electron chi connectivity index (χ4n) is 4.97. The average Bonchev–Trinajstić information content (AvgIpc) is 3.22. The second kappa shape index (κ2) is 11.6. The van der Waals surface area contributed by atoms with E-state index in [2.05, 4.69) is 55.9 Å². The number of thioether (sulfide) groups is 2. The van der Waals surface area contributed by atoms with Crippen molar-refractivity contribution in [3.8, 4) is 5.75 Å². The van der Waals surface area contributed by atoms with Gasteiger partial charge >= 0.3 is 0 Å². The van der Waals surface area contributed by atoms with Gasteiger partial charge in [-0.2, -0.15) is 0 Å². The molecule has 1 N–H and O–H groups in total. The second-order valence-corrected chi connectivity index (χ2v) is 12.1. The van der Waals surface area contributed by atoms with E-state index in [1.807, 2.05) is 36.4 Å². The Morgan fingerprint density at radius 3 is 2.13 bits per heavy atom. The van der Waals surface area contributed by atoms with Crippen LogP contribution in [0.3, 0.4) is 0 Å². The largest absolute Gasteiger partial charge is 0.494 e. The molecule has 2 aromatic rings. The Morgan fingerprint density at radius 2 is 1.53 bits per heavy atom. The van der Waals surface area contributed by atoms with Crippen LogP contribution < -0.4 is 4.74 Å². The van der Waals surface area contributed by atoms with Crippen molar-refractivity contribution in [1.82, 2.24) is 0 Å². The minimum absolute atomic E-state index is 0.0322. The lowest BCUT2D eigenvalue weighted by atomic mass is 9.78. The molecule has 3 heterocycles. The van der Waals surface area contributed by atoms with Crippen LogP contribution in [0.25, 0.3) is 0 Å². The van der Waals surface area contributed by atoms with Gasteiger partial charge in [0.2, 0.25) is 0 Å². The third-order valence-electron chi connectivity index (χ3n) is 7.37. The Balaban J connectivity index is 1.30. The Morgan fingerprint density at radius 1 is 0.895 bits per heavy atom. The Hall–Kier alpha value is -2.00. The van der Waals surface area contributed by atoms with Crippen LogP contribution in [0.1, 0.15) is 37.3 Å². The molecule has 3 fully saturated rings. The average molecular weight is 553 g/mol. The summed E-state index contributed by atoms with van der Waals surface area (Å²) in [7, 11) is 0. The van der Waals surface area contributed by atoms with Crippen LogP contribution in [-0.4, -0.2) is 50.0 Å². The van der Waals surface area contributed by atoms with Gasteiger partial charge in [0.15, 0.2) is 0 Å². The zero-order valence-electron chi connectivity index (χ0n) is 22.3. The van der Waals surface area contributed by atoms with Gasteiger partial charge in [-0.3, -0.25) is 0 Å². The molecule has 6 rings (SSSR count). The molecule has 4 aliphatic rings. The van der Waals surface area contributed by atoms with E-state index < -0.39 is 11.6 Å². The van der Waals surface area contributed by atoms with Crippen molar-refractivity contribution in [3.63, 3.8) is 0 Å². The molecule has 0 amide bonds. The van der Waals surface area contributed by atoms with Gasteiger partial charge in [-0.05, 0) is 72.4 Å². The normalized spacial score (nSPS) is 26.3. The maximum Gasteiger partial charge on any atom is 0.283 e. The lowest BCUT2D eigenvalue weighted by Gasteiger charge is -2.50. The van der Waals surface area contributed by atoms with E-state index >= 15 is 0 Å².